The highest BCUT2D eigenvalue weighted by molar-refractivity contribution is 9.10. The summed E-state index contributed by atoms with van der Waals surface area (Å²) in [7, 11) is 1.65. The SMILES string of the molecule is Cn1nnc(Br)c1C(N)c1ccc(F)cc1F. The summed E-state index contributed by atoms with van der Waals surface area (Å²) < 4.78 is 28.2. The molecule has 4 nitrogen and oxygen atoms in total. The van der Waals surface area contributed by atoms with Gasteiger partial charge in [-0.3, -0.25) is 0 Å². The summed E-state index contributed by atoms with van der Waals surface area (Å²) in [5.41, 5.74) is 6.64. The van der Waals surface area contributed by atoms with Gasteiger partial charge in [0, 0.05) is 18.7 Å². The Kier molecular flexibility index (Phi) is 3.21. The van der Waals surface area contributed by atoms with Gasteiger partial charge in [-0.1, -0.05) is 11.3 Å². The quantitative estimate of drug-likeness (QED) is 0.922. The smallest absolute Gasteiger partial charge is 0.153 e. The monoisotopic (exact) mass is 302 g/mol. The van der Waals surface area contributed by atoms with Crippen molar-refractivity contribution >= 4 is 15.9 Å². The largest absolute Gasteiger partial charge is 0.319 e. The molecule has 2 rings (SSSR count). The summed E-state index contributed by atoms with van der Waals surface area (Å²) in [6.07, 6.45) is 0. The van der Waals surface area contributed by atoms with Crippen molar-refractivity contribution in [3.8, 4) is 0 Å². The van der Waals surface area contributed by atoms with Crippen molar-refractivity contribution in [1.29, 1.82) is 0 Å². The van der Waals surface area contributed by atoms with E-state index in [1.165, 1.54) is 10.7 Å². The Hall–Kier alpha value is -1.34. The average Bonchev–Trinajstić information content (AvgIpc) is 2.58. The molecule has 1 unspecified atom stereocenters. The third-order valence-corrected chi connectivity index (χ3v) is 2.98. The zero-order valence-electron chi connectivity index (χ0n) is 8.86. The molecule has 2 N–H and O–H groups in total. The molecule has 0 bridgehead atoms. The zero-order valence-corrected chi connectivity index (χ0v) is 10.4. The number of benzene rings is 1. The topological polar surface area (TPSA) is 56.7 Å². The van der Waals surface area contributed by atoms with Crippen LogP contribution >= 0.6 is 15.9 Å². The van der Waals surface area contributed by atoms with E-state index in [1.54, 1.807) is 7.05 Å². The minimum atomic E-state index is -0.759. The Morgan fingerprint density at radius 2 is 2.12 bits per heavy atom. The predicted molar refractivity (Wildman–Crippen MR) is 61.1 cm³/mol. The molecule has 1 aromatic carbocycles. The first-order valence-electron chi connectivity index (χ1n) is 4.76. The predicted octanol–water partition coefficient (Wildman–Crippen LogP) is 1.90. The maximum absolute atomic E-state index is 13.6. The maximum atomic E-state index is 13.6. The number of halogens is 3. The molecule has 0 radical (unpaired) electrons. The lowest BCUT2D eigenvalue weighted by molar-refractivity contribution is 0.558. The van der Waals surface area contributed by atoms with E-state index >= 15 is 0 Å². The summed E-state index contributed by atoms with van der Waals surface area (Å²) in [4.78, 5) is 0. The lowest BCUT2D eigenvalue weighted by Crippen LogP contribution is -2.18. The Labute approximate surface area is 105 Å². The van der Waals surface area contributed by atoms with E-state index < -0.39 is 17.7 Å². The van der Waals surface area contributed by atoms with Gasteiger partial charge in [-0.05, 0) is 22.0 Å². The van der Waals surface area contributed by atoms with Crippen LogP contribution in [0.5, 0.6) is 0 Å². The van der Waals surface area contributed by atoms with Gasteiger partial charge in [0.05, 0.1) is 11.7 Å². The van der Waals surface area contributed by atoms with Crippen LogP contribution in [0.2, 0.25) is 0 Å². The Bertz CT molecular complexity index is 536. The van der Waals surface area contributed by atoms with Crippen molar-refractivity contribution in [3.05, 3.63) is 45.7 Å². The third kappa shape index (κ3) is 2.20. The summed E-state index contributed by atoms with van der Waals surface area (Å²) >= 11 is 3.18. The van der Waals surface area contributed by atoms with E-state index in [0.29, 0.717) is 10.3 Å². The van der Waals surface area contributed by atoms with Crippen molar-refractivity contribution in [3.63, 3.8) is 0 Å². The molecule has 7 heteroatoms. The van der Waals surface area contributed by atoms with Crippen LogP contribution < -0.4 is 5.73 Å². The van der Waals surface area contributed by atoms with Crippen LogP contribution in [-0.2, 0) is 7.05 Å². The van der Waals surface area contributed by atoms with Crippen molar-refractivity contribution < 1.29 is 8.78 Å². The van der Waals surface area contributed by atoms with Gasteiger partial charge in [0.2, 0.25) is 0 Å². The molecular weight excluding hydrogens is 294 g/mol. The Morgan fingerprint density at radius 3 is 2.65 bits per heavy atom. The van der Waals surface area contributed by atoms with E-state index in [0.717, 1.165) is 12.1 Å². The first kappa shape index (κ1) is 12.1. The molecule has 1 aromatic heterocycles. The van der Waals surface area contributed by atoms with Crippen molar-refractivity contribution in [2.45, 2.75) is 6.04 Å². The van der Waals surface area contributed by atoms with E-state index in [9.17, 15) is 8.78 Å². The van der Waals surface area contributed by atoms with E-state index in [-0.39, 0.29) is 5.56 Å². The third-order valence-electron chi connectivity index (χ3n) is 2.42. The van der Waals surface area contributed by atoms with Crippen molar-refractivity contribution in [2.24, 2.45) is 12.8 Å². The number of hydrogen-bond donors (Lipinski definition) is 1. The lowest BCUT2D eigenvalue weighted by Gasteiger charge is -2.13. The highest BCUT2D eigenvalue weighted by Crippen LogP contribution is 2.26. The summed E-state index contributed by atoms with van der Waals surface area (Å²) in [5.74, 6) is -1.33. The molecule has 0 saturated carbocycles. The van der Waals surface area contributed by atoms with Gasteiger partial charge in [0.1, 0.15) is 11.6 Å². The van der Waals surface area contributed by atoms with Crippen molar-refractivity contribution in [2.75, 3.05) is 0 Å². The second-order valence-electron chi connectivity index (χ2n) is 3.53. The zero-order chi connectivity index (χ0) is 12.6. The fourth-order valence-corrected chi connectivity index (χ4v) is 2.14. The number of hydrogen-bond acceptors (Lipinski definition) is 3. The summed E-state index contributed by atoms with van der Waals surface area (Å²) in [6, 6.07) is 2.52. The van der Waals surface area contributed by atoms with Gasteiger partial charge in [0.25, 0.3) is 0 Å². The fraction of sp³-hybridized carbons (Fsp3) is 0.200. The van der Waals surface area contributed by atoms with Gasteiger partial charge in [-0.25, -0.2) is 13.5 Å². The molecule has 2 aromatic rings. The highest BCUT2D eigenvalue weighted by atomic mass is 79.9. The highest BCUT2D eigenvalue weighted by Gasteiger charge is 2.21. The van der Waals surface area contributed by atoms with Crippen molar-refractivity contribution in [1.82, 2.24) is 15.0 Å². The van der Waals surface area contributed by atoms with Crippen LogP contribution in [0, 0.1) is 11.6 Å². The standard InChI is InChI=1S/C10H9BrF2N4/c1-17-9(10(11)15-16-17)8(14)6-3-2-5(12)4-7(6)13/h2-4,8H,14H2,1H3. The van der Waals surface area contributed by atoms with Gasteiger partial charge in [-0.2, -0.15) is 0 Å². The summed E-state index contributed by atoms with van der Waals surface area (Å²) in [5, 5.41) is 7.52. The molecule has 0 saturated heterocycles. The van der Waals surface area contributed by atoms with Crippen LogP contribution in [0.15, 0.2) is 22.8 Å². The van der Waals surface area contributed by atoms with E-state index in [1.807, 2.05) is 0 Å². The molecule has 0 fully saturated rings. The van der Waals surface area contributed by atoms with Crippen LogP contribution in [0.3, 0.4) is 0 Å². The second-order valence-corrected chi connectivity index (χ2v) is 4.28. The number of aromatic nitrogens is 3. The van der Waals surface area contributed by atoms with Crippen LogP contribution in [-0.4, -0.2) is 15.0 Å². The normalized spacial score (nSPS) is 12.8. The lowest BCUT2D eigenvalue weighted by atomic mass is 10.0. The minimum Gasteiger partial charge on any atom is -0.319 e. The molecule has 0 spiro atoms. The van der Waals surface area contributed by atoms with E-state index in [2.05, 4.69) is 26.2 Å². The fourth-order valence-electron chi connectivity index (χ4n) is 1.57. The molecule has 1 heterocycles. The van der Waals surface area contributed by atoms with E-state index in [4.69, 9.17) is 5.73 Å². The number of rotatable bonds is 2. The minimum absolute atomic E-state index is 0.192. The molecule has 1 atom stereocenters. The number of aryl methyl sites for hydroxylation is 1. The average molecular weight is 303 g/mol. The van der Waals surface area contributed by atoms with Gasteiger partial charge < -0.3 is 5.73 Å². The molecular formula is C10H9BrF2N4. The van der Waals surface area contributed by atoms with Crippen LogP contribution in [0.25, 0.3) is 0 Å². The van der Waals surface area contributed by atoms with Crippen LogP contribution in [0.1, 0.15) is 17.3 Å². The molecule has 0 amide bonds. The molecule has 90 valence electrons. The van der Waals surface area contributed by atoms with Crippen LogP contribution in [0.4, 0.5) is 8.78 Å². The Morgan fingerprint density at radius 1 is 1.41 bits per heavy atom. The van der Waals surface area contributed by atoms with Gasteiger partial charge in [0.15, 0.2) is 4.60 Å². The molecule has 0 aliphatic heterocycles. The number of nitrogens with zero attached hydrogens (tertiary/aromatic N) is 3. The maximum Gasteiger partial charge on any atom is 0.153 e. The Balaban J connectivity index is 2.47. The molecule has 17 heavy (non-hydrogen) atoms. The van der Waals surface area contributed by atoms with Gasteiger partial charge >= 0.3 is 0 Å². The first-order chi connectivity index (χ1) is 8.00. The van der Waals surface area contributed by atoms with Gasteiger partial charge in [-0.15, -0.1) is 5.10 Å². The molecule has 0 aliphatic rings. The molecule has 0 aliphatic carbocycles. The first-order valence-corrected chi connectivity index (χ1v) is 5.55. The summed E-state index contributed by atoms with van der Waals surface area (Å²) in [6.45, 7) is 0. The number of nitrogens with two attached hydrogens (primary N) is 1. The second kappa shape index (κ2) is 4.50.